The summed E-state index contributed by atoms with van der Waals surface area (Å²) in [5.41, 5.74) is 3.52. The summed E-state index contributed by atoms with van der Waals surface area (Å²) in [7, 11) is 0. The molecule has 0 saturated carbocycles. The van der Waals surface area contributed by atoms with Crippen LogP contribution in [0.2, 0.25) is 0 Å². The standard InChI is InChI=1S/C12H19N7/c1-12(2)4-3-5-19(7-12)10-8-6-14-18-9(8)15-11(16-10)17-13/h6H,3-5,7,13H2,1-2H3,(H2,14,15,16,17,18). The smallest absolute Gasteiger partial charge is 0.241 e. The first-order valence-corrected chi connectivity index (χ1v) is 6.52. The van der Waals surface area contributed by atoms with Gasteiger partial charge in [0.2, 0.25) is 5.95 Å². The van der Waals surface area contributed by atoms with Crippen molar-refractivity contribution in [1.29, 1.82) is 0 Å². The Morgan fingerprint density at radius 1 is 1.42 bits per heavy atom. The second kappa shape index (κ2) is 4.34. The van der Waals surface area contributed by atoms with Crippen LogP contribution in [0.15, 0.2) is 6.20 Å². The monoisotopic (exact) mass is 261 g/mol. The number of fused-ring (bicyclic) bond motifs is 1. The van der Waals surface area contributed by atoms with Gasteiger partial charge in [-0.05, 0) is 18.3 Å². The molecule has 0 atom stereocenters. The van der Waals surface area contributed by atoms with Crippen molar-refractivity contribution in [2.75, 3.05) is 23.4 Å². The van der Waals surface area contributed by atoms with Gasteiger partial charge >= 0.3 is 0 Å². The molecule has 3 heterocycles. The molecule has 7 heteroatoms. The molecule has 7 nitrogen and oxygen atoms in total. The summed E-state index contributed by atoms with van der Waals surface area (Å²) < 4.78 is 0. The number of hydrazine groups is 1. The van der Waals surface area contributed by atoms with Gasteiger partial charge in [-0.15, -0.1) is 0 Å². The predicted octanol–water partition coefficient (Wildman–Crippen LogP) is 1.26. The van der Waals surface area contributed by atoms with Gasteiger partial charge in [-0.1, -0.05) is 13.8 Å². The number of anilines is 2. The molecule has 19 heavy (non-hydrogen) atoms. The molecule has 0 radical (unpaired) electrons. The summed E-state index contributed by atoms with van der Waals surface area (Å²) in [4.78, 5) is 11.0. The molecular weight excluding hydrogens is 242 g/mol. The highest BCUT2D eigenvalue weighted by Gasteiger charge is 2.28. The lowest BCUT2D eigenvalue weighted by atomic mass is 9.84. The summed E-state index contributed by atoms with van der Waals surface area (Å²) in [5, 5.41) is 7.86. The van der Waals surface area contributed by atoms with Crippen molar-refractivity contribution in [2.45, 2.75) is 26.7 Å². The Balaban J connectivity index is 2.05. The minimum absolute atomic E-state index is 0.301. The summed E-state index contributed by atoms with van der Waals surface area (Å²) in [5.74, 6) is 6.75. The third-order valence-electron chi connectivity index (χ3n) is 3.62. The third-order valence-corrected chi connectivity index (χ3v) is 3.62. The number of aromatic amines is 1. The summed E-state index contributed by atoms with van der Waals surface area (Å²) in [6.45, 7) is 6.56. The zero-order chi connectivity index (χ0) is 13.5. The highest BCUT2D eigenvalue weighted by molar-refractivity contribution is 5.87. The van der Waals surface area contributed by atoms with E-state index in [9.17, 15) is 0 Å². The van der Waals surface area contributed by atoms with Crippen molar-refractivity contribution in [3.05, 3.63) is 6.20 Å². The lowest BCUT2D eigenvalue weighted by Gasteiger charge is -2.38. The van der Waals surface area contributed by atoms with E-state index in [0.717, 1.165) is 24.3 Å². The molecule has 102 valence electrons. The lowest BCUT2D eigenvalue weighted by Crippen LogP contribution is -2.40. The molecule has 3 rings (SSSR count). The molecule has 0 spiro atoms. The van der Waals surface area contributed by atoms with E-state index in [1.54, 1.807) is 6.20 Å². The quantitative estimate of drug-likeness (QED) is 0.556. The molecule has 1 aliphatic heterocycles. The molecule has 2 aromatic rings. The average Bonchev–Trinajstić information content (AvgIpc) is 2.84. The number of piperidine rings is 1. The predicted molar refractivity (Wildman–Crippen MR) is 74.7 cm³/mol. The third kappa shape index (κ3) is 2.21. The molecule has 0 aliphatic carbocycles. The van der Waals surface area contributed by atoms with Gasteiger partial charge in [-0.25, -0.2) is 5.84 Å². The van der Waals surface area contributed by atoms with Crippen LogP contribution in [-0.4, -0.2) is 33.3 Å². The van der Waals surface area contributed by atoms with Gasteiger partial charge in [0.1, 0.15) is 5.82 Å². The number of nitrogen functional groups attached to an aromatic ring is 1. The van der Waals surface area contributed by atoms with Crippen LogP contribution in [0, 0.1) is 5.41 Å². The molecule has 4 N–H and O–H groups in total. The fraction of sp³-hybridized carbons (Fsp3) is 0.583. The summed E-state index contributed by atoms with van der Waals surface area (Å²) >= 11 is 0. The van der Waals surface area contributed by atoms with Crippen molar-refractivity contribution in [1.82, 2.24) is 20.2 Å². The largest absolute Gasteiger partial charge is 0.355 e. The summed E-state index contributed by atoms with van der Waals surface area (Å²) in [6, 6.07) is 0. The molecule has 0 aromatic carbocycles. The maximum absolute atomic E-state index is 5.43. The molecule has 0 amide bonds. The SMILES string of the molecule is CC1(C)CCCN(c2nc(NN)nc3[nH]ncc23)C1. The second-order valence-electron chi connectivity index (χ2n) is 5.84. The van der Waals surface area contributed by atoms with Crippen molar-refractivity contribution in [3.63, 3.8) is 0 Å². The van der Waals surface area contributed by atoms with Crippen LogP contribution in [0.25, 0.3) is 11.0 Å². The maximum atomic E-state index is 5.43. The van der Waals surface area contributed by atoms with Gasteiger partial charge in [0.15, 0.2) is 5.65 Å². The van der Waals surface area contributed by atoms with Gasteiger partial charge < -0.3 is 4.90 Å². The number of nitrogens with two attached hydrogens (primary N) is 1. The van der Waals surface area contributed by atoms with E-state index < -0.39 is 0 Å². The summed E-state index contributed by atoms with van der Waals surface area (Å²) in [6.07, 6.45) is 4.18. The van der Waals surface area contributed by atoms with E-state index in [1.807, 2.05) is 0 Å². The van der Waals surface area contributed by atoms with Gasteiger partial charge in [-0.3, -0.25) is 10.5 Å². The Labute approximate surface area is 111 Å². The zero-order valence-corrected chi connectivity index (χ0v) is 11.3. The number of hydrogen-bond acceptors (Lipinski definition) is 6. The first-order valence-electron chi connectivity index (χ1n) is 6.52. The molecule has 2 aromatic heterocycles. The maximum Gasteiger partial charge on any atom is 0.241 e. The minimum Gasteiger partial charge on any atom is -0.355 e. The highest BCUT2D eigenvalue weighted by atomic mass is 15.3. The van der Waals surface area contributed by atoms with E-state index in [0.29, 0.717) is 17.0 Å². The van der Waals surface area contributed by atoms with Crippen LogP contribution >= 0.6 is 0 Å². The molecule has 0 unspecified atom stereocenters. The number of H-pyrrole nitrogens is 1. The van der Waals surface area contributed by atoms with Crippen molar-refractivity contribution >= 4 is 22.8 Å². The molecule has 1 fully saturated rings. The van der Waals surface area contributed by atoms with E-state index >= 15 is 0 Å². The van der Waals surface area contributed by atoms with Gasteiger partial charge in [0.25, 0.3) is 0 Å². The van der Waals surface area contributed by atoms with E-state index in [-0.39, 0.29) is 0 Å². The fourth-order valence-electron chi connectivity index (χ4n) is 2.73. The Morgan fingerprint density at radius 3 is 3.00 bits per heavy atom. The Kier molecular flexibility index (Phi) is 2.78. The van der Waals surface area contributed by atoms with Gasteiger partial charge in [0.05, 0.1) is 11.6 Å². The normalized spacial score (nSPS) is 18.8. The number of nitrogens with one attached hydrogen (secondary N) is 2. The Hall–Kier alpha value is -1.89. The van der Waals surface area contributed by atoms with Crippen LogP contribution in [0.5, 0.6) is 0 Å². The molecule has 1 aliphatic rings. The topological polar surface area (TPSA) is 95.8 Å². The fourth-order valence-corrected chi connectivity index (χ4v) is 2.73. The van der Waals surface area contributed by atoms with E-state index in [1.165, 1.54) is 12.8 Å². The van der Waals surface area contributed by atoms with Crippen LogP contribution in [0.3, 0.4) is 0 Å². The van der Waals surface area contributed by atoms with Crippen molar-refractivity contribution < 1.29 is 0 Å². The minimum atomic E-state index is 0.301. The average molecular weight is 261 g/mol. The number of hydrogen-bond donors (Lipinski definition) is 3. The number of aromatic nitrogens is 4. The van der Waals surface area contributed by atoms with E-state index in [4.69, 9.17) is 5.84 Å². The van der Waals surface area contributed by atoms with Crippen LogP contribution in [0.4, 0.5) is 11.8 Å². The number of nitrogens with zero attached hydrogens (tertiary/aromatic N) is 4. The lowest BCUT2D eigenvalue weighted by molar-refractivity contribution is 0.292. The van der Waals surface area contributed by atoms with Crippen molar-refractivity contribution in [2.24, 2.45) is 11.3 Å². The van der Waals surface area contributed by atoms with Crippen LogP contribution in [0.1, 0.15) is 26.7 Å². The number of rotatable bonds is 2. The molecular formula is C12H19N7. The highest BCUT2D eigenvalue weighted by Crippen LogP contribution is 2.33. The second-order valence-corrected chi connectivity index (χ2v) is 5.84. The molecule has 1 saturated heterocycles. The van der Waals surface area contributed by atoms with Gasteiger partial charge in [-0.2, -0.15) is 15.1 Å². The van der Waals surface area contributed by atoms with E-state index in [2.05, 4.69) is 44.3 Å². The Bertz CT molecular complexity index is 589. The van der Waals surface area contributed by atoms with Crippen molar-refractivity contribution in [3.8, 4) is 0 Å². The van der Waals surface area contributed by atoms with Gasteiger partial charge in [0, 0.05) is 13.1 Å². The van der Waals surface area contributed by atoms with Crippen LogP contribution in [-0.2, 0) is 0 Å². The first-order chi connectivity index (χ1) is 9.09. The van der Waals surface area contributed by atoms with Crippen LogP contribution < -0.4 is 16.2 Å². The first kappa shape index (κ1) is 12.2. The zero-order valence-electron chi connectivity index (χ0n) is 11.3. The Morgan fingerprint density at radius 2 is 2.26 bits per heavy atom. The molecule has 0 bridgehead atoms.